The number of rotatable bonds is 6. The molecule has 0 bridgehead atoms. The Morgan fingerprint density at radius 1 is 0.673 bits per heavy atom. The molecule has 0 radical (unpaired) electrons. The summed E-state index contributed by atoms with van der Waals surface area (Å²) in [6.45, 7) is 9.33. The zero-order valence-corrected chi connectivity index (χ0v) is 31.2. The minimum atomic E-state index is -1.71. The van der Waals surface area contributed by atoms with Crippen LogP contribution in [0.15, 0.2) is 0 Å². The van der Waals surface area contributed by atoms with Crippen molar-refractivity contribution < 1.29 is 64.2 Å². The summed E-state index contributed by atoms with van der Waals surface area (Å²) < 4.78 is 37.5. The second kappa shape index (κ2) is 14.1. The summed E-state index contributed by atoms with van der Waals surface area (Å²) in [6, 6.07) is 0. The van der Waals surface area contributed by atoms with Gasteiger partial charge in [-0.1, -0.05) is 27.7 Å². The number of aliphatic hydroxyl groups is 7. The second-order valence-corrected chi connectivity index (χ2v) is 18.7. The summed E-state index contributed by atoms with van der Waals surface area (Å²) in [5, 5.41) is 72.7. The largest absolute Gasteiger partial charge is 0.394 e. The molecule has 8 aliphatic rings. The van der Waals surface area contributed by atoms with E-state index in [9.17, 15) is 35.7 Å². The molecule has 13 nitrogen and oxygen atoms in total. The highest BCUT2D eigenvalue weighted by molar-refractivity contribution is 5.15. The highest BCUT2D eigenvalue weighted by Crippen LogP contribution is 2.71. The van der Waals surface area contributed by atoms with Gasteiger partial charge in [0.25, 0.3) is 0 Å². The maximum absolute atomic E-state index is 11.1. The van der Waals surface area contributed by atoms with Crippen molar-refractivity contribution in [3.8, 4) is 0 Å². The van der Waals surface area contributed by atoms with Crippen LogP contribution in [0.5, 0.6) is 0 Å². The highest BCUT2D eigenvalue weighted by atomic mass is 16.8. The Hall–Kier alpha value is -0.520. The summed E-state index contributed by atoms with van der Waals surface area (Å²) in [6.07, 6.45) is -3.88. The van der Waals surface area contributed by atoms with E-state index in [0.29, 0.717) is 41.4 Å². The molecule has 1 spiro atoms. The number of hydrogen-bond donors (Lipinski definition) is 7. The molecule has 0 aromatic heterocycles. The lowest BCUT2D eigenvalue weighted by atomic mass is 9.44. The van der Waals surface area contributed by atoms with Crippen LogP contribution in [0.25, 0.3) is 0 Å². The number of fused-ring (bicyclic) bond motifs is 7. The molecule has 22 atom stereocenters. The lowest BCUT2D eigenvalue weighted by Crippen LogP contribution is -2.65. The van der Waals surface area contributed by atoms with Crippen molar-refractivity contribution in [3.63, 3.8) is 0 Å². The van der Waals surface area contributed by atoms with Crippen molar-refractivity contribution in [1.82, 2.24) is 0 Å². The molecular weight excluding hydrogens is 676 g/mol. The van der Waals surface area contributed by atoms with Gasteiger partial charge in [-0.25, -0.2) is 0 Å². The van der Waals surface area contributed by atoms with Gasteiger partial charge in [-0.2, -0.15) is 0 Å². The van der Waals surface area contributed by atoms with Crippen molar-refractivity contribution in [3.05, 3.63) is 0 Å². The minimum absolute atomic E-state index is 0.168. The Morgan fingerprint density at radius 2 is 1.37 bits per heavy atom. The summed E-state index contributed by atoms with van der Waals surface area (Å²) in [7, 11) is 0. The fraction of sp³-hybridized carbons (Fsp3) is 1.00. The summed E-state index contributed by atoms with van der Waals surface area (Å²) in [5.41, 5.74) is 0.425. The summed E-state index contributed by atoms with van der Waals surface area (Å²) in [4.78, 5) is 0. The van der Waals surface area contributed by atoms with Crippen molar-refractivity contribution in [2.24, 2.45) is 52.3 Å². The van der Waals surface area contributed by atoms with E-state index < -0.39 is 80.4 Å². The van der Waals surface area contributed by atoms with Gasteiger partial charge in [0.1, 0.15) is 48.8 Å². The third-order valence-electron chi connectivity index (χ3n) is 16.2. The molecular formula is C39H64O13. The average Bonchev–Trinajstić information content (AvgIpc) is 3.58. The molecule has 298 valence electrons. The summed E-state index contributed by atoms with van der Waals surface area (Å²) in [5.74, 6) is 3.51. The molecule has 0 amide bonds. The van der Waals surface area contributed by atoms with E-state index in [2.05, 4.69) is 27.7 Å². The zero-order chi connectivity index (χ0) is 36.9. The normalized spacial score (nSPS) is 59.0. The Bertz CT molecular complexity index is 1260. The highest BCUT2D eigenvalue weighted by Gasteiger charge is 2.69. The first-order chi connectivity index (χ1) is 24.7. The number of ether oxygens (including phenoxy) is 6. The maximum Gasteiger partial charge on any atom is 0.187 e. The van der Waals surface area contributed by atoms with Crippen molar-refractivity contribution in [1.29, 1.82) is 0 Å². The first-order valence-electron chi connectivity index (χ1n) is 20.3. The van der Waals surface area contributed by atoms with Gasteiger partial charge in [0.05, 0.1) is 32.0 Å². The molecule has 4 saturated heterocycles. The smallest absolute Gasteiger partial charge is 0.187 e. The second-order valence-electron chi connectivity index (χ2n) is 18.7. The monoisotopic (exact) mass is 740 g/mol. The quantitative estimate of drug-likeness (QED) is 0.194. The standard InChI is InChI=1S/C39H64O13/c1-18-7-12-39(47-17-18)19(2)28-25(52-39)14-24-22-6-5-20-13-21(8-10-37(20,3)23(22)9-11-38(24,28)4)48-36-34(32(45)30(43)27(16-41)50-36)51-35-33(46)31(44)29(42)26(15-40)49-35/h18-36,40-46H,5-17H2,1-4H3/t18-,19-,20+,21+,22+,23-,24+,25-,26+,27+,28-,29+,30+,31-,32-,33+,34-,35-,36+,37-,38-,39+/m0/s1. The molecule has 4 saturated carbocycles. The van der Waals surface area contributed by atoms with E-state index in [1.807, 2.05) is 0 Å². The Morgan fingerprint density at radius 3 is 2.06 bits per heavy atom. The van der Waals surface area contributed by atoms with Crippen LogP contribution in [0, 0.1) is 52.3 Å². The molecule has 52 heavy (non-hydrogen) atoms. The third-order valence-corrected chi connectivity index (χ3v) is 16.2. The van der Waals surface area contributed by atoms with Gasteiger partial charge < -0.3 is 64.2 Å². The Kier molecular flexibility index (Phi) is 10.4. The first-order valence-corrected chi connectivity index (χ1v) is 20.3. The van der Waals surface area contributed by atoms with E-state index >= 15 is 0 Å². The van der Waals surface area contributed by atoms with Crippen LogP contribution in [0.1, 0.15) is 91.9 Å². The van der Waals surface area contributed by atoms with Gasteiger partial charge in [0.15, 0.2) is 18.4 Å². The van der Waals surface area contributed by atoms with Crippen LogP contribution >= 0.6 is 0 Å². The minimum Gasteiger partial charge on any atom is -0.394 e. The van der Waals surface area contributed by atoms with E-state index in [4.69, 9.17) is 28.4 Å². The van der Waals surface area contributed by atoms with Crippen LogP contribution < -0.4 is 0 Å². The molecule has 8 rings (SSSR count). The molecule has 4 aliphatic heterocycles. The SMILES string of the molecule is C[C@H]1CC[C@@]2(OC1)O[C@H]1C[C@@H]3[C@@H]4CC[C@@H]5C[C@H](O[C@@H]6O[C@H](CO)[C@@H](O)[C@H](O)[C@@H]6O[C@@H]6O[C@H](CO)[C@@H](O)[C@H](O)[C@H]6O)CC[C@]5(C)[C@H]4CC[C@]3(C)[C@H]1[C@@H]2C. The topological polar surface area (TPSA) is 197 Å². The van der Waals surface area contributed by atoms with Gasteiger partial charge in [0.2, 0.25) is 0 Å². The predicted molar refractivity (Wildman–Crippen MR) is 183 cm³/mol. The van der Waals surface area contributed by atoms with Crippen molar-refractivity contribution in [2.75, 3.05) is 19.8 Å². The lowest BCUT2D eigenvalue weighted by molar-refractivity contribution is -0.373. The fourth-order valence-corrected chi connectivity index (χ4v) is 13.2. The molecule has 13 heteroatoms. The molecule has 0 aromatic rings. The van der Waals surface area contributed by atoms with Crippen LogP contribution in [0.2, 0.25) is 0 Å². The zero-order valence-electron chi connectivity index (χ0n) is 31.2. The summed E-state index contributed by atoms with van der Waals surface area (Å²) >= 11 is 0. The molecule has 0 unspecified atom stereocenters. The predicted octanol–water partition coefficient (Wildman–Crippen LogP) is 1.44. The van der Waals surface area contributed by atoms with E-state index in [-0.39, 0.29) is 23.0 Å². The van der Waals surface area contributed by atoms with Crippen LogP contribution in [0.4, 0.5) is 0 Å². The third kappa shape index (κ3) is 5.98. The fourth-order valence-electron chi connectivity index (χ4n) is 13.2. The van der Waals surface area contributed by atoms with Crippen molar-refractivity contribution in [2.45, 2.75) is 171 Å². The van der Waals surface area contributed by atoms with Crippen molar-refractivity contribution >= 4 is 0 Å². The number of aliphatic hydroxyl groups excluding tert-OH is 7. The van der Waals surface area contributed by atoms with E-state index in [1.165, 1.54) is 25.7 Å². The number of hydrogen-bond acceptors (Lipinski definition) is 13. The van der Waals surface area contributed by atoms with Gasteiger partial charge >= 0.3 is 0 Å². The lowest BCUT2D eigenvalue weighted by Gasteiger charge is -2.61. The van der Waals surface area contributed by atoms with E-state index in [1.54, 1.807) is 0 Å². The van der Waals surface area contributed by atoms with Crippen LogP contribution in [-0.4, -0.2) is 135 Å². The molecule has 7 N–H and O–H groups in total. The Balaban J connectivity index is 0.942. The van der Waals surface area contributed by atoms with Crippen LogP contribution in [-0.2, 0) is 28.4 Å². The maximum atomic E-state index is 11.1. The average molecular weight is 741 g/mol. The van der Waals surface area contributed by atoms with Crippen LogP contribution in [0.3, 0.4) is 0 Å². The Labute approximate surface area is 307 Å². The molecule has 0 aromatic carbocycles. The van der Waals surface area contributed by atoms with Gasteiger partial charge in [-0.3, -0.25) is 0 Å². The van der Waals surface area contributed by atoms with Gasteiger partial charge in [-0.05, 0) is 104 Å². The molecule has 4 heterocycles. The first kappa shape index (κ1) is 38.4. The van der Waals surface area contributed by atoms with E-state index in [0.717, 1.165) is 45.1 Å². The molecule has 8 fully saturated rings. The van der Waals surface area contributed by atoms with Gasteiger partial charge in [-0.15, -0.1) is 0 Å². The van der Waals surface area contributed by atoms with Gasteiger partial charge in [0, 0.05) is 12.3 Å². The molecule has 4 aliphatic carbocycles.